The Morgan fingerprint density at radius 1 is 1.33 bits per heavy atom. The van der Waals surface area contributed by atoms with Crippen molar-refractivity contribution in [3.63, 3.8) is 0 Å². The zero-order valence-electron chi connectivity index (χ0n) is 10.2. The van der Waals surface area contributed by atoms with E-state index < -0.39 is 11.4 Å². The molecule has 0 aliphatic rings. The van der Waals surface area contributed by atoms with E-state index in [4.69, 9.17) is 5.11 Å². The molecule has 4 heteroatoms. The van der Waals surface area contributed by atoms with Gasteiger partial charge in [0.1, 0.15) is 6.54 Å². The van der Waals surface area contributed by atoms with Gasteiger partial charge in [-0.3, -0.25) is 9.59 Å². The summed E-state index contributed by atoms with van der Waals surface area (Å²) in [6.07, 6.45) is 0.760. The molecule has 1 amide bonds. The first-order valence-corrected chi connectivity index (χ1v) is 5.14. The van der Waals surface area contributed by atoms with Crippen molar-refractivity contribution in [2.24, 2.45) is 11.3 Å². The van der Waals surface area contributed by atoms with Gasteiger partial charge >= 0.3 is 5.97 Å². The Labute approximate surface area is 91.3 Å². The van der Waals surface area contributed by atoms with Crippen molar-refractivity contribution in [3.8, 4) is 0 Å². The van der Waals surface area contributed by atoms with Gasteiger partial charge in [0.25, 0.3) is 0 Å². The maximum Gasteiger partial charge on any atom is 0.323 e. The summed E-state index contributed by atoms with van der Waals surface area (Å²) in [5, 5.41) is 8.59. The second-order valence-electron chi connectivity index (χ2n) is 5.04. The van der Waals surface area contributed by atoms with E-state index in [0.29, 0.717) is 5.92 Å². The predicted octanol–water partition coefficient (Wildman–Crippen LogP) is 1.60. The molecule has 15 heavy (non-hydrogen) atoms. The SMILES string of the molecule is CC(C)CC(C)(C)C(=O)N(C)CC(=O)O. The van der Waals surface area contributed by atoms with Gasteiger partial charge in [-0.2, -0.15) is 0 Å². The number of amides is 1. The van der Waals surface area contributed by atoms with E-state index in [1.807, 2.05) is 27.7 Å². The number of carbonyl (C=O) groups is 2. The lowest BCUT2D eigenvalue weighted by molar-refractivity contribution is -0.148. The van der Waals surface area contributed by atoms with E-state index in [2.05, 4.69) is 0 Å². The number of nitrogens with zero attached hydrogens (tertiary/aromatic N) is 1. The van der Waals surface area contributed by atoms with Gasteiger partial charge < -0.3 is 10.0 Å². The second-order valence-corrected chi connectivity index (χ2v) is 5.04. The standard InChI is InChI=1S/C11H21NO3/c1-8(2)6-11(3,4)10(15)12(5)7-9(13)14/h8H,6-7H2,1-5H3,(H,13,14). The lowest BCUT2D eigenvalue weighted by Gasteiger charge is -2.29. The van der Waals surface area contributed by atoms with Gasteiger partial charge in [-0.15, -0.1) is 0 Å². The first-order chi connectivity index (χ1) is 6.66. The minimum absolute atomic E-state index is 0.112. The molecule has 0 aromatic heterocycles. The van der Waals surface area contributed by atoms with Crippen LogP contribution in [-0.4, -0.2) is 35.5 Å². The minimum atomic E-state index is -0.980. The van der Waals surface area contributed by atoms with Crippen molar-refractivity contribution in [2.75, 3.05) is 13.6 Å². The molecular weight excluding hydrogens is 194 g/mol. The van der Waals surface area contributed by atoms with Gasteiger partial charge in [-0.25, -0.2) is 0 Å². The maximum atomic E-state index is 11.9. The van der Waals surface area contributed by atoms with Crippen molar-refractivity contribution < 1.29 is 14.7 Å². The average Bonchev–Trinajstić information content (AvgIpc) is 1.98. The lowest BCUT2D eigenvalue weighted by atomic mass is 9.83. The molecule has 1 N–H and O–H groups in total. The van der Waals surface area contributed by atoms with Crippen LogP contribution in [0.3, 0.4) is 0 Å². The van der Waals surface area contributed by atoms with Crippen molar-refractivity contribution in [1.82, 2.24) is 4.90 Å². The third kappa shape index (κ3) is 4.81. The molecule has 0 fully saturated rings. The Balaban J connectivity index is 4.47. The molecule has 0 aliphatic carbocycles. The lowest BCUT2D eigenvalue weighted by Crippen LogP contribution is -2.41. The van der Waals surface area contributed by atoms with Crippen LogP contribution in [0.25, 0.3) is 0 Å². The molecular formula is C11H21NO3. The summed E-state index contributed by atoms with van der Waals surface area (Å²) < 4.78 is 0. The van der Waals surface area contributed by atoms with Crippen molar-refractivity contribution in [3.05, 3.63) is 0 Å². The Morgan fingerprint density at radius 2 is 1.80 bits per heavy atom. The normalized spacial score (nSPS) is 11.6. The molecule has 0 saturated heterocycles. The van der Waals surface area contributed by atoms with E-state index in [0.717, 1.165) is 6.42 Å². The van der Waals surface area contributed by atoms with E-state index >= 15 is 0 Å². The Bertz CT molecular complexity index is 246. The maximum absolute atomic E-state index is 11.9. The highest BCUT2D eigenvalue weighted by molar-refractivity contribution is 5.85. The number of likely N-dealkylation sites (N-methyl/N-ethyl adjacent to an activating group) is 1. The number of aliphatic carboxylic acids is 1. The summed E-state index contributed by atoms with van der Waals surface area (Å²) in [5.74, 6) is -0.674. The first kappa shape index (κ1) is 13.9. The third-order valence-corrected chi connectivity index (χ3v) is 2.22. The number of rotatable bonds is 5. The minimum Gasteiger partial charge on any atom is -0.480 e. The molecule has 0 rings (SSSR count). The monoisotopic (exact) mass is 215 g/mol. The summed E-state index contributed by atoms with van der Waals surface area (Å²) in [4.78, 5) is 23.6. The molecule has 0 saturated carbocycles. The predicted molar refractivity (Wildman–Crippen MR) is 58.5 cm³/mol. The molecule has 0 bridgehead atoms. The third-order valence-electron chi connectivity index (χ3n) is 2.22. The molecule has 4 nitrogen and oxygen atoms in total. The fourth-order valence-electron chi connectivity index (χ4n) is 1.90. The van der Waals surface area contributed by atoms with Crippen LogP contribution in [0.2, 0.25) is 0 Å². The molecule has 0 heterocycles. The van der Waals surface area contributed by atoms with E-state index in [1.165, 1.54) is 11.9 Å². The van der Waals surface area contributed by atoms with Crippen molar-refractivity contribution in [2.45, 2.75) is 34.1 Å². The highest BCUT2D eigenvalue weighted by atomic mass is 16.4. The van der Waals surface area contributed by atoms with Gasteiger partial charge in [0.15, 0.2) is 0 Å². The second kappa shape index (κ2) is 5.14. The van der Waals surface area contributed by atoms with Gasteiger partial charge in [0.2, 0.25) is 5.91 Å². The number of hydrogen-bond donors (Lipinski definition) is 1. The summed E-state index contributed by atoms with van der Waals surface area (Å²) in [5.41, 5.74) is -0.488. The molecule has 0 aromatic rings. The Morgan fingerprint density at radius 3 is 2.13 bits per heavy atom. The zero-order chi connectivity index (χ0) is 12.2. The Kier molecular flexibility index (Phi) is 4.78. The number of hydrogen-bond acceptors (Lipinski definition) is 2. The van der Waals surface area contributed by atoms with E-state index in [-0.39, 0.29) is 12.5 Å². The van der Waals surface area contributed by atoms with E-state index in [9.17, 15) is 9.59 Å². The molecule has 0 spiro atoms. The van der Waals surface area contributed by atoms with Gasteiger partial charge in [0, 0.05) is 12.5 Å². The Hall–Kier alpha value is -1.06. The van der Waals surface area contributed by atoms with E-state index in [1.54, 1.807) is 0 Å². The first-order valence-electron chi connectivity index (χ1n) is 5.14. The van der Waals surface area contributed by atoms with Crippen LogP contribution in [0, 0.1) is 11.3 Å². The molecule has 0 atom stereocenters. The molecule has 0 aromatic carbocycles. The molecule has 0 radical (unpaired) electrons. The summed E-state index contributed by atoms with van der Waals surface area (Å²) >= 11 is 0. The zero-order valence-corrected chi connectivity index (χ0v) is 10.2. The van der Waals surface area contributed by atoms with Crippen LogP contribution in [0.5, 0.6) is 0 Å². The van der Waals surface area contributed by atoms with Crippen molar-refractivity contribution >= 4 is 11.9 Å². The van der Waals surface area contributed by atoms with Gasteiger partial charge in [-0.1, -0.05) is 27.7 Å². The van der Waals surface area contributed by atoms with Gasteiger partial charge in [-0.05, 0) is 12.3 Å². The van der Waals surface area contributed by atoms with Crippen LogP contribution in [0.15, 0.2) is 0 Å². The van der Waals surface area contributed by atoms with Crippen LogP contribution < -0.4 is 0 Å². The topological polar surface area (TPSA) is 57.6 Å². The number of carbonyl (C=O) groups excluding carboxylic acids is 1. The highest BCUT2D eigenvalue weighted by Crippen LogP contribution is 2.27. The largest absolute Gasteiger partial charge is 0.480 e. The number of carboxylic acids is 1. The quantitative estimate of drug-likeness (QED) is 0.757. The smallest absolute Gasteiger partial charge is 0.323 e. The van der Waals surface area contributed by atoms with Crippen LogP contribution in [0.4, 0.5) is 0 Å². The molecule has 88 valence electrons. The van der Waals surface area contributed by atoms with Crippen LogP contribution in [-0.2, 0) is 9.59 Å². The van der Waals surface area contributed by atoms with Crippen molar-refractivity contribution in [1.29, 1.82) is 0 Å². The molecule has 0 aliphatic heterocycles. The summed E-state index contributed by atoms with van der Waals surface area (Å²) in [7, 11) is 1.53. The van der Waals surface area contributed by atoms with Gasteiger partial charge in [0.05, 0.1) is 0 Å². The summed E-state index contributed by atoms with van der Waals surface area (Å²) in [6, 6.07) is 0. The average molecular weight is 215 g/mol. The fourth-order valence-corrected chi connectivity index (χ4v) is 1.90. The molecule has 0 unspecified atom stereocenters. The van der Waals surface area contributed by atoms with Crippen LogP contribution in [0.1, 0.15) is 34.1 Å². The fraction of sp³-hybridized carbons (Fsp3) is 0.818. The van der Waals surface area contributed by atoms with Crippen LogP contribution >= 0.6 is 0 Å². The highest BCUT2D eigenvalue weighted by Gasteiger charge is 2.31. The summed E-state index contributed by atoms with van der Waals surface area (Å²) in [6.45, 7) is 7.57. The number of carboxylic acid groups (broad SMARTS) is 1.